The lowest BCUT2D eigenvalue weighted by Gasteiger charge is -2.28. The molecule has 0 unspecified atom stereocenters. The fourth-order valence-corrected chi connectivity index (χ4v) is 5.55. The molecule has 4 heterocycles. The number of benzene rings is 2. The molecule has 4 aromatic rings. The molecule has 0 radical (unpaired) electrons. The summed E-state index contributed by atoms with van der Waals surface area (Å²) >= 11 is 0. The number of nitrogens with zero attached hydrogens (tertiary/aromatic N) is 5. The molecule has 1 saturated heterocycles. The van der Waals surface area contributed by atoms with E-state index in [-0.39, 0.29) is 36.0 Å². The second-order valence-corrected chi connectivity index (χ2v) is 9.62. The van der Waals surface area contributed by atoms with Gasteiger partial charge in [0.2, 0.25) is 5.88 Å². The molecular weight excluding hydrogens is 558 g/mol. The topological polar surface area (TPSA) is 116 Å². The van der Waals surface area contributed by atoms with E-state index >= 15 is 0 Å². The van der Waals surface area contributed by atoms with Gasteiger partial charge in [0, 0.05) is 23.8 Å². The molecule has 0 aliphatic carbocycles. The number of carbonyl (C=O) groups excluding carboxylic acids is 1. The van der Waals surface area contributed by atoms with E-state index in [2.05, 4.69) is 10.3 Å². The zero-order valence-corrected chi connectivity index (χ0v) is 20.5. The van der Waals surface area contributed by atoms with E-state index in [0.29, 0.717) is 23.0 Å². The minimum Gasteiger partial charge on any atom is -0.493 e. The molecule has 210 valence electrons. The number of aromatic nitrogens is 3. The van der Waals surface area contributed by atoms with Gasteiger partial charge in [-0.15, -0.1) is 0 Å². The second-order valence-electron chi connectivity index (χ2n) is 9.62. The summed E-state index contributed by atoms with van der Waals surface area (Å²) < 4.78 is 81.9. The molecule has 6 rings (SSSR count). The third kappa shape index (κ3) is 4.05. The zero-order valence-electron chi connectivity index (χ0n) is 20.5. The van der Waals surface area contributed by atoms with Crippen molar-refractivity contribution in [3.8, 4) is 17.6 Å². The predicted octanol–water partition coefficient (Wildman–Crippen LogP) is 5.34. The lowest BCUT2D eigenvalue weighted by atomic mass is 10.1. The van der Waals surface area contributed by atoms with Crippen LogP contribution in [0.15, 0.2) is 53.5 Å². The smallest absolute Gasteiger partial charge is 0.416 e. The number of hydrogen-bond acceptors (Lipinski definition) is 5. The fraction of sp³-hybridized carbons (Fsp3) is 0.231. The highest BCUT2D eigenvalue weighted by atomic mass is 19.4. The molecule has 2 aliphatic heterocycles. The molecule has 2 amide bonds. The number of halogens is 6. The molecule has 0 saturated carbocycles. The van der Waals surface area contributed by atoms with E-state index in [0.717, 1.165) is 9.47 Å². The quantitative estimate of drug-likeness (QED) is 0.314. The third-order valence-electron chi connectivity index (χ3n) is 7.27. The van der Waals surface area contributed by atoms with Crippen LogP contribution in [0.25, 0.3) is 16.6 Å². The van der Waals surface area contributed by atoms with Gasteiger partial charge >= 0.3 is 24.1 Å². The lowest BCUT2D eigenvalue weighted by molar-refractivity contribution is -0.143. The first-order valence-corrected chi connectivity index (χ1v) is 12.0. The molecule has 1 fully saturated rings. The highest BCUT2D eigenvalue weighted by Crippen LogP contribution is 2.49. The molecule has 2 aliphatic rings. The number of fused-ring (bicyclic) bond motifs is 6. The summed E-state index contributed by atoms with van der Waals surface area (Å²) in [5.74, 6) is -0.492. The van der Waals surface area contributed by atoms with Crippen LogP contribution in [0.5, 0.6) is 5.88 Å². The average Bonchev–Trinajstić information content (AvgIpc) is 3.58. The summed E-state index contributed by atoms with van der Waals surface area (Å²) in [4.78, 5) is 31.9. The van der Waals surface area contributed by atoms with Crippen molar-refractivity contribution < 1.29 is 36.2 Å². The van der Waals surface area contributed by atoms with Gasteiger partial charge in [-0.1, -0.05) is 0 Å². The number of imidazole rings is 1. The van der Waals surface area contributed by atoms with Crippen molar-refractivity contribution in [2.75, 3.05) is 11.9 Å². The van der Waals surface area contributed by atoms with Gasteiger partial charge in [0.05, 0.1) is 40.0 Å². The SMILES string of the molecule is N#Cc1ccc(-n2c(O)c3n(c2=O)[C@H]2C[C@@H]3N(C(=O)Nc3cc(C(F)(F)F)cc(C(F)(F)F)c3)C2)c2cccnc12. The van der Waals surface area contributed by atoms with Crippen molar-refractivity contribution in [2.45, 2.75) is 30.9 Å². The van der Waals surface area contributed by atoms with E-state index in [1.165, 1.54) is 22.9 Å². The van der Waals surface area contributed by atoms with Gasteiger partial charge in [0.15, 0.2) is 0 Å². The predicted molar refractivity (Wildman–Crippen MR) is 130 cm³/mol. The van der Waals surface area contributed by atoms with Gasteiger partial charge in [0.25, 0.3) is 0 Å². The minimum atomic E-state index is -5.09. The summed E-state index contributed by atoms with van der Waals surface area (Å²) in [6.07, 6.45) is -8.51. The first-order chi connectivity index (χ1) is 19.3. The van der Waals surface area contributed by atoms with Crippen LogP contribution in [-0.2, 0) is 12.4 Å². The lowest BCUT2D eigenvalue weighted by Crippen LogP contribution is -2.40. The maximum Gasteiger partial charge on any atom is 0.416 e. The van der Waals surface area contributed by atoms with E-state index in [4.69, 9.17) is 0 Å². The highest BCUT2D eigenvalue weighted by molar-refractivity contribution is 5.92. The number of alkyl halides is 6. The van der Waals surface area contributed by atoms with Crippen LogP contribution in [0.2, 0.25) is 0 Å². The average molecular weight is 574 g/mol. The Morgan fingerprint density at radius 1 is 1.07 bits per heavy atom. The number of nitriles is 1. The van der Waals surface area contributed by atoms with E-state index < -0.39 is 58.9 Å². The normalized spacial score (nSPS) is 18.0. The van der Waals surface area contributed by atoms with Gasteiger partial charge in [-0.25, -0.2) is 14.2 Å². The number of anilines is 1. The summed E-state index contributed by atoms with van der Waals surface area (Å²) in [6.45, 7) is -0.0758. The zero-order chi connectivity index (χ0) is 29.4. The van der Waals surface area contributed by atoms with Crippen molar-refractivity contribution in [1.82, 2.24) is 19.0 Å². The van der Waals surface area contributed by atoms with Crippen LogP contribution >= 0.6 is 0 Å². The molecule has 15 heteroatoms. The number of amides is 2. The molecule has 9 nitrogen and oxygen atoms in total. The number of urea groups is 1. The molecular formula is C26H16F6N6O3. The number of carbonyl (C=O) groups is 1. The van der Waals surface area contributed by atoms with E-state index in [9.17, 15) is 46.3 Å². The van der Waals surface area contributed by atoms with Gasteiger partial charge in [-0.3, -0.25) is 9.55 Å². The van der Waals surface area contributed by atoms with Crippen molar-refractivity contribution in [2.24, 2.45) is 0 Å². The van der Waals surface area contributed by atoms with Crippen molar-refractivity contribution >= 4 is 22.6 Å². The van der Waals surface area contributed by atoms with E-state index in [1.807, 2.05) is 6.07 Å². The summed E-state index contributed by atoms with van der Waals surface area (Å²) in [5, 5.41) is 23.1. The van der Waals surface area contributed by atoms with Gasteiger partial charge < -0.3 is 15.3 Å². The van der Waals surface area contributed by atoms with Crippen molar-refractivity contribution in [3.63, 3.8) is 0 Å². The Balaban J connectivity index is 1.36. The summed E-state index contributed by atoms with van der Waals surface area (Å²) in [6, 6.07) is 6.40. The highest BCUT2D eigenvalue weighted by Gasteiger charge is 2.49. The molecule has 2 aromatic heterocycles. The fourth-order valence-electron chi connectivity index (χ4n) is 5.55. The number of rotatable bonds is 2. The molecule has 2 aromatic carbocycles. The molecule has 41 heavy (non-hydrogen) atoms. The van der Waals surface area contributed by atoms with Gasteiger partial charge in [-0.05, 0) is 48.9 Å². The molecule has 2 bridgehead atoms. The van der Waals surface area contributed by atoms with Crippen LogP contribution < -0.4 is 11.0 Å². The minimum absolute atomic E-state index is 0.0463. The van der Waals surface area contributed by atoms with Crippen molar-refractivity contribution in [3.05, 3.63) is 81.5 Å². The number of pyridine rings is 1. The second kappa shape index (κ2) is 8.75. The first kappa shape index (κ1) is 26.2. The number of hydrogen-bond donors (Lipinski definition) is 2. The van der Waals surface area contributed by atoms with Crippen LogP contribution in [0.3, 0.4) is 0 Å². The third-order valence-corrected chi connectivity index (χ3v) is 7.27. The van der Waals surface area contributed by atoms with Crippen molar-refractivity contribution in [1.29, 1.82) is 5.26 Å². The van der Waals surface area contributed by atoms with Gasteiger partial charge in [0.1, 0.15) is 11.8 Å². The van der Waals surface area contributed by atoms with Crippen LogP contribution in [-0.4, -0.2) is 36.7 Å². The van der Waals surface area contributed by atoms with Crippen LogP contribution in [0.4, 0.5) is 36.8 Å². The van der Waals surface area contributed by atoms with Gasteiger partial charge in [-0.2, -0.15) is 31.6 Å². The first-order valence-electron chi connectivity index (χ1n) is 12.0. The van der Waals surface area contributed by atoms with Crippen LogP contribution in [0.1, 0.15) is 40.9 Å². The molecule has 2 N–H and O–H groups in total. The maximum atomic E-state index is 13.4. The monoisotopic (exact) mass is 574 g/mol. The van der Waals surface area contributed by atoms with E-state index in [1.54, 1.807) is 12.1 Å². The Morgan fingerprint density at radius 3 is 2.39 bits per heavy atom. The molecule has 0 spiro atoms. The Bertz CT molecular complexity index is 1820. The molecule has 2 atom stereocenters. The maximum absolute atomic E-state index is 13.4. The van der Waals surface area contributed by atoms with Crippen LogP contribution in [0, 0.1) is 11.3 Å². The summed E-state index contributed by atoms with van der Waals surface area (Å²) in [5.41, 5.74) is -3.65. The number of aromatic hydroxyl groups is 1. The Morgan fingerprint density at radius 2 is 1.76 bits per heavy atom. The number of nitrogens with one attached hydrogen (secondary N) is 1. The summed E-state index contributed by atoms with van der Waals surface area (Å²) in [7, 11) is 0. The largest absolute Gasteiger partial charge is 0.493 e. The Hall–Kier alpha value is -5.00. The number of likely N-dealkylation sites (tertiary alicyclic amines) is 1. The standard InChI is InChI=1S/C26H16F6N6O3/c27-25(28,29)13-6-14(26(30,31)32)8-15(7-13)35-23(40)36-11-16-9-19(36)21-22(39)38(24(41)37(16)21)18-4-3-12(10-33)20-17(18)2-1-5-34-20/h1-8,16,19,39H,9,11H2,(H,35,40)/t16-,19-/m0/s1. The Labute approximate surface area is 225 Å². The Kier molecular flexibility index (Phi) is 5.60.